The van der Waals surface area contributed by atoms with Gasteiger partial charge in [0, 0.05) is 5.56 Å². The summed E-state index contributed by atoms with van der Waals surface area (Å²) in [6.45, 7) is 5.86. The Labute approximate surface area is 82.0 Å². The van der Waals surface area contributed by atoms with Crippen molar-refractivity contribution < 1.29 is 0 Å². The number of nitrogens with one attached hydrogen (secondary N) is 1. The number of rotatable bonds is 3. The normalized spacial score (nSPS) is 10.4. The van der Waals surface area contributed by atoms with E-state index in [2.05, 4.69) is 9.97 Å². The molecule has 0 fully saturated rings. The number of H-pyrrole nitrogens is 1. The molecule has 0 amide bonds. The molecular weight excluding hydrogens is 184 g/mol. The molecule has 4 heteroatoms. The van der Waals surface area contributed by atoms with Crippen molar-refractivity contribution in [3.8, 4) is 0 Å². The van der Waals surface area contributed by atoms with Gasteiger partial charge in [0.2, 0.25) is 0 Å². The summed E-state index contributed by atoms with van der Waals surface area (Å²) in [4.78, 5) is 18.5. The molecule has 13 heavy (non-hydrogen) atoms. The molecule has 1 rings (SSSR count). The first-order valence-electron chi connectivity index (χ1n) is 4.41. The molecule has 0 aromatic carbocycles. The Balaban J connectivity index is 3.14. The smallest absolute Gasteiger partial charge is 0.254 e. The fraction of sp³-hybridized carbons (Fsp3) is 0.556. The van der Waals surface area contributed by atoms with E-state index in [9.17, 15) is 4.79 Å². The molecule has 0 saturated carbocycles. The van der Waals surface area contributed by atoms with E-state index < -0.39 is 0 Å². The number of hydrogen-bond acceptors (Lipinski definition) is 3. The second-order valence-corrected chi connectivity index (χ2v) is 3.98. The lowest BCUT2D eigenvalue weighted by atomic mass is 10.2. The van der Waals surface area contributed by atoms with Gasteiger partial charge in [-0.15, -0.1) is 0 Å². The highest BCUT2D eigenvalue weighted by Gasteiger charge is 2.04. The lowest BCUT2D eigenvalue weighted by molar-refractivity contribution is 0.848. The molecule has 1 N–H and O–H groups in total. The Kier molecular flexibility index (Phi) is 3.54. The zero-order valence-corrected chi connectivity index (χ0v) is 8.99. The van der Waals surface area contributed by atoms with Crippen LogP contribution >= 0.6 is 11.8 Å². The SMILES string of the molecule is CCSc1nc(CC)c(C)c(=O)[nH]1. The van der Waals surface area contributed by atoms with Gasteiger partial charge in [0.25, 0.3) is 5.56 Å². The van der Waals surface area contributed by atoms with E-state index in [1.165, 1.54) is 0 Å². The first-order chi connectivity index (χ1) is 6.19. The molecule has 0 saturated heterocycles. The third-order valence-electron chi connectivity index (χ3n) is 1.85. The molecule has 0 aliphatic rings. The summed E-state index contributed by atoms with van der Waals surface area (Å²) in [5.74, 6) is 0.926. The Morgan fingerprint density at radius 3 is 2.69 bits per heavy atom. The highest BCUT2D eigenvalue weighted by Crippen LogP contribution is 2.11. The van der Waals surface area contributed by atoms with E-state index in [-0.39, 0.29) is 5.56 Å². The van der Waals surface area contributed by atoms with Crippen molar-refractivity contribution in [2.24, 2.45) is 0 Å². The molecular formula is C9H14N2OS. The van der Waals surface area contributed by atoms with E-state index in [1.807, 2.05) is 20.8 Å². The van der Waals surface area contributed by atoms with Gasteiger partial charge in [-0.05, 0) is 19.1 Å². The van der Waals surface area contributed by atoms with E-state index in [0.29, 0.717) is 0 Å². The zero-order valence-electron chi connectivity index (χ0n) is 8.18. The third kappa shape index (κ3) is 2.34. The highest BCUT2D eigenvalue weighted by atomic mass is 32.2. The minimum atomic E-state index is -0.0113. The number of aryl methyl sites for hydroxylation is 1. The fourth-order valence-corrected chi connectivity index (χ4v) is 1.72. The summed E-state index contributed by atoms with van der Waals surface area (Å²) in [6, 6.07) is 0. The van der Waals surface area contributed by atoms with Gasteiger partial charge >= 0.3 is 0 Å². The van der Waals surface area contributed by atoms with Gasteiger partial charge in [0.15, 0.2) is 5.16 Å². The van der Waals surface area contributed by atoms with Crippen LogP contribution in [-0.2, 0) is 6.42 Å². The van der Waals surface area contributed by atoms with Crippen molar-refractivity contribution >= 4 is 11.8 Å². The lowest BCUT2D eigenvalue weighted by Crippen LogP contribution is -2.15. The molecule has 3 nitrogen and oxygen atoms in total. The number of aromatic nitrogens is 2. The third-order valence-corrected chi connectivity index (χ3v) is 2.60. The highest BCUT2D eigenvalue weighted by molar-refractivity contribution is 7.99. The Bertz CT molecular complexity index is 346. The monoisotopic (exact) mass is 198 g/mol. The molecule has 0 aliphatic heterocycles. The van der Waals surface area contributed by atoms with Crippen LogP contribution in [0.4, 0.5) is 0 Å². The van der Waals surface area contributed by atoms with E-state index in [0.717, 1.165) is 28.6 Å². The van der Waals surface area contributed by atoms with Crippen molar-refractivity contribution in [3.05, 3.63) is 21.6 Å². The van der Waals surface area contributed by atoms with Crippen LogP contribution in [0.25, 0.3) is 0 Å². The van der Waals surface area contributed by atoms with Gasteiger partial charge in [0.1, 0.15) is 0 Å². The van der Waals surface area contributed by atoms with Gasteiger partial charge in [-0.2, -0.15) is 0 Å². The summed E-state index contributed by atoms with van der Waals surface area (Å²) >= 11 is 1.56. The topological polar surface area (TPSA) is 45.8 Å². The maximum atomic E-state index is 11.4. The summed E-state index contributed by atoms with van der Waals surface area (Å²) < 4.78 is 0. The first-order valence-corrected chi connectivity index (χ1v) is 5.40. The molecule has 0 spiro atoms. The standard InChI is InChI=1S/C9H14N2OS/c1-4-7-6(3)8(12)11-9(10-7)13-5-2/h4-5H2,1-3H3,(H,10,11,12). The number of nitrogens with zero attached hydrogens (tertiary/aromatic N) is 1. The van der Waals surface area contributed by atoms with Crippen molar-refractivity contribution in [2.75, 3.05) is 5.75 Å². The van der Waals surface area contributed by atoms with Crippen LogP contribution in [0.15, 0.2) is 9.95 Å². The largest absolute Gasteiger partial charge is 0.301 e. The number of aromatic amines is 1. The summed E-state index contributed by atoms with van der Waals surface area (Å²) in [6.07, 6.45) is 0.813. The average molecular weight is 198 g/mol. The lowest BCUT2D eigenvalue weighted by Gasteiger charge is -2.03. The van der Waals surface area contributed by atoms with Crippen molar-refractivity contribution in [2.45, 2.75) is 32.3 Å². The maximum Gasteiger partial charge on any atom is 0.254 e. The van der Waals surface area contributed by atoms with Gasteiger partial charge < -0.3 is 4.98 Å². The minimum Gasteiger partial charge on any atom is -0.301 e. The molecule has 0 atom stereocenters. The maximum absolute atomic E-state index is 11.4. The molecule has 1 heterocycles. The van der Waals surface area contributed by atoms with Crippen molar-refractivity contribution in [1.29, 1.82) is 0 Å². The molecule has 1 aromatic rings. The second-order valence-electron chi connectivity index (χ2n) is 2.73. The Morgan fingerprint density at radius 1 is 1.46 bits per heavy atom. The summed E-state index contributed by atoms with van der Waals surface area (Å²) in [5, 5.41) is 0.731. The van der Waals surface area contributed by atoms with Crippen LogP contribution in [0, 0.1) is 6.92 Å². The summed E-state index contributed by atoms with van der Waals surface area (Å²) in [5.41, 5.74) is 1.63. The van der Waals surface area contributed by atoms with E-state index in [1.54, 1.807) is 11.8 Å². The van der Waals surface area contributed by atoms with Crippen LogP contribution < -0.4 is 5.56 Å². The molecule has 0 unspecified atom stereocenters. The zero-order chi connectivity index (χ0) is 9.84. The minimum absolute atomic E-state index is 0.0113. The Hall–Kier alpha value is -0.770. The predicted molar refractivity (Wildman–Crippen MR) is 55.4 cm³/mol. The Morgan fingerprint density at radius 2 is 2.15 bits per heavy atom. The van der Waals surface area contributed by atoms with Crippen LogP contribution in [0.3, 0.4) is 0 Å². The second kappa shape index (κ2) is 4.46. The quantitative estimate of drug-likeness (QED) is 0.594. The number of thioether (sulfide) groups is 1. The number of hydrogen-bond donors (Lipinski definition) is 1. The van der Waals surface area contributed by atoms with E-state index in [4.69, 9.17) is 0 Å². The van der Waals surface area contributed by atoms with Crippen LogP contribution in [0.1, 0.15) is 25.1 Å². The van der Waals surface area contributed by atoms with Gasteiger partial charge in [-0.3, -0.25) is 4.79 Å². The molecule has 0 bridgehead atoms. The van der Waals surface area contributed by atoms with Crippen LogP contribution in [0.2, 0.25) is 0 Å². The fourth-order valence-electron chi connectivity index (χ4n) is 1.11. The van der Waals surface area contributed by atoms with Crippen LogP contribution in [0.5, 0.6) is 0 Å². The molecule has 0 aliphatic carbocycles. The van der Waals surface area contributed by atoms with Gasteiger partial charge in [0.05, 0.1) is 5.69 Å². The first kappa shape index (κ1) is 10.3. The van der Waals surface area contributed by atoms with Gasteiger partial charge in [-0.1, -0.05) is 25.6 Å². The summed E-state index contributed by atoms with van der Waals surface area (Å²) in [7, 11) is 0. The predicted octanol–water partition coefficient (Wildman–Crippen LogP) is 1.75. The van der Waals surface area contributed by atoms with E-state index >= 15 is 0 Å². The van der Waals surface area contributed by atoms with Crippen LogP contribution in [-0.4, -0.2) is 15.7 Å². The van der Waals surface area contributed by atoms with Crippen molar-refractivity contribution in [3.63, 3.8) is 0 Å². The van der Waals surface area contributed by atoms with Gasteiger partial charge in [-0.25, -0.2) is 4.98 Å². The van der Waals surface area contributed by atoms with Crippen molar-refractivity contribution in [1.82, 2.24) is 9.97 Å². The molecule has 72 valence electrons. The molecule has 0 radical (unpaired) electrons. The molecule has 1 aromatic heterocycles. The average Bonchev–Trinajstić information content (AvgIpc) is 2.11.